The molecular weight excluding hydrogens is 246 g/mol. The molecule has 1 aliphatic heterocycles. The summed E-state index contributed by atoms with van der Waals surface area (Å²) in [4.78, 5) is 14.3. The van der Waals surface area contributed by atoms with E-state index < -0.39 is 0 Å². The van der Waals surface area contributed by atoms with Crippen molar-refractivity contribution in [1.29, 1.82) is 0 Å². The second kappa shape index (κ2) is 4.64. The molecule has 0 bridgehead atoms. The zero-order valence-corrected chi connectivity index (χ0v) is 11.5. The molecular formula is C18H17NO. The van der Waals surface area contributed by atoms with Crippen LogP contribution in [0.15, 0.2) is 73.3 Å². The highest BCUT2D eigenvalue weighted by atomic mass is 16.2. The van der Waals surface area contributed by atoms with E-state index in [-0.39, 0.29) is 17.4 Å². The topological polar surface area (TPSA) is 20.3 Å². The Morgan fingerprint density at radius 2 is 1.60 bits per heavy atom. The van der Waals surface area contributed by atoms with Gasteiger partial charge >= 0.3 is 0 Å². The zero-order chi connectivity index (χ0) is 14.2. The molecule has 1 saturated heterocycles. The molecule has 3 rings (SSSR count). The van der Waals surface area contributed by atoms with Crippen molar-refractivity contribution in [3.63, 3.8) is 0 Å². The molecule has 2 heteroatoms. The third-order valence-corrected chi connectivity index (χ3v) is 4.16. The number of rotatable bonds is 3. The van der Waals surface area contributed by atoms with E-state index in [4.69, 9.17) is 0 Å². The summed E-state index contributed by atoms with van der Waals surface area (Å²) in [5.74, 6) is -0.0670. The number of hydrogen-bond acceptors (Lipinski definition) is 1. The van der Waals surface area contributed by atoms with Crippen molar-refractivity contribution in [3.8, 4) is 0 Å². The largest absolute Gasteiger partial charge is 0.301 e. The molecule has 2 aromatic carbocycles. The van der Waals surface area contributed by atoms with E-state index in [2.05, 4.69) is 25.6 Å². The molecule has 100 valence electrons. The van der Waals surface area contributed by atoms with Crippen molar-refractivity contribution in [3.05, 3.63) is 78.9 Å². The first kappa shape index (κ1) is 12.7. The first-order valence-corrected chi connectivity index (χ1v) is 6.77. The molecule has 0 saturated carbocycles. The summed E-state index contributed by atoms with van der Waals surface area (Å²) in [5, 5.41) is 0. The summed E-state index contributed by atoms with van der Waals surface area (Å²) in [6.45, 7) is 5.93. The molecule has 1 amide bonds. The van der Waals surface area contributed by atoms with Crippen LogP contribution in [0.5, 0.6) is 0 Å². The fourth-order valence-electron chi connectivity index (χ4n) is 3.07. The zero-order valence-electron chi connectivity index (χ0n) is 11.5. The summed E-state index contributed by atoms with van der Waals surface area (Å²) < 4.78 is 0. The molecule has 0 unspecified atom stereocenters. The number of nitrogens with zero attached hydrogens (tertiary/aromatic N) is 1. The van der Waals surface area contributed by atoms with Crippen LogP contribution < -0.4 is 4.90 Å². The summed E-state index contributed by atoms with van der Waals surface area (Å²) in [7, 11) is 0. The highest BCUT2D eigenvalue weighted by Gasteiger charge is 2.56. The van der Waals surface area contributed by atoms with Crippen molar-refractivity contribution in [1.82, 2.24) is 0 Å². The first-order valence-electron chi connectivity index (χ1n) is 6.77. The molecule has 1 aliphatic rings. The summed E-state index contributed by atoms with van der Waals surface area (Å²) in [6.07, 6.45) is 1.76. The molecule has 2 nitrogen and oxygen atoms in total. The maximum Gasteiger partial charge on any atom is 0.237 e. The van der Waals surface area contributed by atoms with E-state index in [9.17, 15) is 4.79 Å². The number of para-hydroxylation sites is 1. The van der Waals surface area contributed by atoms with E-state index in [1.54, 1.807) is 6.08 Å². The molecule has 0 radical (unpaired) electrons. The van der Waals surface area contributed by atoms with Gasteiger partial charge in [-0.3, -0.25) is 4.79 Å². The molecule has 0 aromatic heterocycles. The van der Waals surface area contributed by atoms with Crippen LogP contribution in [-0.4, -0.2) is 5.91 Å². The molecule has 20 heavy (non-hydrogen) atoms. The minimum atomic E-state index is -0.360. The number of hydrogen-bond donors (Lipinski definition) is 0. The monoisotopic (exact) mass is 263 g/mol. The lowest BCUT2D eigenvalue weighted by Crippen LogP contribution is -2.67. The van der Waals surface area contributed by atoms with Crippen molar-refractivity contribution in [2.45, 2.75) is 12.5 Å². The number of benzene rings is 2. The molecule has 1 fully saturated rings. The van der Waals surface area contributed by atoms with Crippen LogP contribution >= 0.6 is 0 Å². The van der Waals surface area contributed by atoms with Gasteiger partial charge in [0, 0.05) is 5.69 Å². The molecule has 0 N–H and O–H groups in total. The van der Waals surface area contributed by atoms with E-state index in [1.807, 2.05) is 53.4 Å². The summed E-state index contributed by atoms with van der Waals surface area (Å²) in [6, 6.07) is 19.9. The Kier molecular flexibility index (Phi) is 2.94. The van der Waals surface area contributed by atoms with Gasteiger partial charge in [0.05, 0.1) is 11.5 Å². The third-order valence-electron chi connectivity index (χ3n) is 4.16. The Morgan fingerprint density at radius 3 is 2.15 bits per heavy atom. The average molecular weight is 263 g/mol. The molecule has 2 atom stereocenters. The predicted octanol–water partition coefficient (Wildman–Crippen LogP) is 3.75. The van der Waals surface area contributed by atoms with Gasteiger partial charge in [-0.2, -0.15) is 0 Å². The van der Waals surface area contributed by atoms with E-state index in [1.165, 1.54) is 0 Å². The van der Waals surface area contributed by atoms with Gasteiger partial charge in [0.15, 0.2) is 0 Å². The predicted molar refractivity (Wildman–Crippen MR) is 81.4 cm³/mol. The van der Waals surface area contributed by atoms with E-state index >= 15 is 0 Å². The van der Waals surface area contributed by atoms with E-state index in [0.29, 0.717) is 0 Å². The van der Waals surface area contributed by atoms with Crippen LogP contribution in [0.1, 0.15) is 12.5 Å². The van der Waals surface area contributed by atoms with Gasteiger partial charge in [-0.1, -0.05) is 54.6 Å². The van der Waals surface area contributed by atoms with Crippen molar-refractivity contribution in [2.75, 3.05) is 4.90 Å². The number of carbonyl (C=O) groups is 1. The van der Waals surface area contributed by atoms with Crippen molar-refractivity contribution < 1.29 is 4.79 Å². The normalized spacial score (nSPS) is 25.1. The van der Waals surface area contributed by atoms with Gasteiger partial charge in [0.1, 0.15) is 0 Å². The number of amides is 1. The molecule has 2 aromatic rings. The molecule has 1 heterocycles. The highest BCUT2D eigenvalue weighted by molar-refractivity contribution is 6.06. The Labute approximate surface area is 119 Å². The summed E-state index contributed by atoms with van der Waals surface area (Å²) >= 11 is 0. The maximum absolute atomic E-state index is 12.4. The smallest absolute Gasteiger partial charge is 0.237 e. The van der Waals surface area contributed by atoms with Gasteiger partial charge < -0.3 is 4.90 Å². The van der Waals surface area contributed by atoms with Gasteiger partial charge in [0.25, 0.3) is 0 Å². The van der Waals surface area contributed by atoms with Crippen LogP contribution in [0.2, 0.25) is 0 Å². The van der Waals surface area contributed by atoms with Gasteiger partial charge in [-0.05, 0) is 24.6 Å². The fraction of sp³-hybridized carbons (Fsp3) is 0.167. The van der Waals surface area contributed by atoms with Crippen LogP contribution in [0.3, 0.4) is 0 Å². The van der Waals surface area contributed by atoms with Crippen LogP contribution in [0.4, 0.5) is 5.69 Å². The summed E-state index contributed by atoms with van der Waals surface area (Å²) in [5.41, 5.74) is 1.71. The van der Waals surface area contributed by atoms with E-state index in [0.717, 1.165) is 11.3 Å². The first-order chi connectivity index (χ1) is 9.69. The van der Waals surface area contributed by atoms with Gasteiger partial charge in [-0.15, -0.1) is 6.58 Å². The van der Waals surface area contributed by atoms with Crippen LogP contribution in [0.25, 0.3) is 0 Å². The lowest BCUT2D eigenvalue weighted by atomic mass is 9.69. The number of β-lactam (4-membered cyclic amide) rings is 1. The molecule has 0 aliphatic carbocycles. The standard InChI is InChI=1S/C18H17NO/c1-3-16-17(20)19(15-12-8-5-9-13-15)18(16,2)14-10-6-4-7-11-14/h3-13,16H,1H2,2H3/t16-,18+/m0/s1. The van der Waals surface area contributed by atoms with Gasteiger partial charge in [-0.25, -0.2) is 0 Å². The minimum absolute atomic E-state index is 0.109. The lowest BCUT2D eigenvalue weighted by molar-refractivity contribution is -0.132. The fourth-order valence-corrected chi connectivity index (χ4v) is 3.07. The third kappa shape index (κ3) is 1.61. The second-order valence-corrected chi connectivity index (χ2v) is 5.24. The van der Waals surface area contributed by atoms with Gasteiger partial charge in [0.2, 0.25) is 5.91 Å². The average Bonchev–Trinajstić information content (AvgIpc) is 2.49. The Morgan fingerprint density at radius 1 is 1.05 bits per heavy atom. The SMILES string of the molecule is C=C[C@H]1C(=O)N(c2ccccc2)[C@]1(C)c1ccccc1. The Balaban J connectivity index is 2.10. The quantitative estimate of drug-likeness (QED) is 0.610. The molecule has 0 spiro atoms. The van der Waals surface area contributed by atoms with Crippen molar-refractivity contribution in [2.24, 2.45) is 5.92 Å². The van der Waals surface area contributed by atoms with Crippen LogP contribution in [-0.2, 0) is 10.3 Å². The number of carbonyl (C=O) groups excluding carboxylic acids is 1. The van der Waals surface area contributed by atoms with Crippen LogP contribution in [0, 0.1) is 5.92 Å². The minimum Gasteiger partial charge on any atom is -0.301 e. The second-order valence-electron chi connectivity index (χ2n) is 5.24. The lowest BCUT2D eigenvalue weighted by Gasteiger charge is -2.55. The Hall–Kier alpha value is -2.35. The maximum atomic E-state index is 12.4. The highest BCUT2D eigenvalue weighted by Crippen LogP contribution is 2.48. The van der Waals surface area contributed by atoms with Crippen molar-refractivity contribution >= 4 is 11.6 Å². The number of anilines is 1. The Bertz CT molecular complexity index is 635.